The number of nitrogens with zero attached hydrogens (tertiary/aromatic N) is 2. The second kappa shape index (κ2) is 10.9. The van der Waals surface area contributed by atoms with E-state index in [1.807, 2.05) is 0 Å². The number of hydrogen-bond donors (Lipinski definition) is 1. The first kappa shape index (κ1) is 23.3. The van der Waals surface area contributed by atoms with Crippen molar-refractivity contribution < 1.29 is 5.11 Å². The van der Waals surface area contributed by atoms with Crippen molar-refractivity contribution in [2.45, 2.75) is 76.4 Å². The molecule has 0 amide bonds. The molecule has 5 aliphatic heterocycles. The van der Waals surface area contributed by atoms with Gasteiger partial charge in [0.15, 0.2) is 0 Å². The van der Waals surface area contributed by atoms with E-state index in [4.69, 9.17) is 0 Å². The summed E-state index contributed by atoms with van der Waals surface area (Å²) in [5.41, 5.74) is 1.87. The number of allylic oxidation sites excluding steroid dienone is 7. The van der Waals surface area contributed by atoms with Gasteiger partial charge in [-0.3, -0.25) is 9.80 Å². The van der Waals surface area contributed by atoms with E-state index in [1.165, 1.54) is 38.6 Å². The summed E-state index contributed by atoms with van der Waals surface area (Å²) in [6.07, 6.45) is 33.0. The summed E-state index contributed by atoms with van der Waals surface area (Å²) in [6.45, 7) is 5.46. The van der Waals surface area contributed by atoms with Gasteiger partial charge in [-0.2, -0.15) is 0 Å². The van der Waals surface area contributed by atoms with Crippen LogP contribution in [-0.2, 0) is 0 Å². The summed E-state index contributed by atoms with van der Waals surface area (Å²) >= 11 is 0. The fourth-order valence-electron chi connectivity index (χ4n) is 7.75. The van der Waals surface area contributed by atoms with E-state index in [-0.39, 0.29) is 11.5 Å². The van der Waals surface area contributed by atoms with Crippen LogP contribution < -0.4 is 0 Å². The lowest BCUT2D eigenvalue weighted by molar-refractivity contribution is -0.159. The molecule has 0 saturated carbocycles. The third-order valence-corrected chi connectivity index (χ3v) is 8.90. The van der Waals surface area contributed by atoms with Gasteiger partial charge in [0.1, 0.15) is 0 Å². The van der Waals surface area contributed by atoms with E-state index in [9.17, 15) is 5.11 Å². The number of rotatable bonds is 0. The van der Waals surface area contributed by atoms with E-state index >= 15 is 0 Å². The molecule has 1 N–H and O–H groups in total. The lowest BCUT2D eigenvalue weighted by Gasteiger charge is -2.65. The Labute approximate surface area is 201 Å². The van der Waals surface area contributed by atoms with Crippen LogP contribution in [0.15, 0.2) is 60.3 Å². The number of aliphatic hydroxyl groups excluding tert-OH is 1. The predicted molar refractivity (Wildman–Crippen MR) is 138 cm³/mol. The van der Waals surface area contributed by atoms with Crippen molar-refractivity contribution in [3.05, 3.63) is 60.3 Å². The average molecular weight is 449 g/mol. The molecule has 6 rings (SSSR count). The highest BCUT2D eigenvalue weighted by molar-refractivity contribution is 5.31. The molecular formula is C30H44N2O. The minimum absolute atomic E-state index is 0.183. The molecule has 6 bridgehead atoms. The number of piperidine rings is 2. The van der Waals surface area contributed by atoms with E-state index < -0.39 is 0 Å². The van der Waals surface area contributed by atoms with E-state index in [2.05, 4.69) is 64.5 Å². The highest BCUT2D eigenvalue weighted by atomic mass is 16.3. The van der Waals surface area contributed by atoms with Crippen molar-refractivity contribution in [2.75, 3.05) is 32.7 Å². The Kier molecular flexibility index (Phi) is 7.69. The summed E-state index contributed by atoms with van der Waals surface area (Å²) in [7, 11) is 0. The highest BCUT2D eigenvalue weighted by Gasteiger charge is 2.61. The molecule has 0 aromatic heterocycles. The summed E-state index contributed by atoms with van der Waals surface area (Å²) in [6, 6.07) is 0.510. The van der Waals surface area contributed by atoms with Crippen molar-refractivity contribution >= 4 is 0 Å². The maximum atomic E-state index is 11.6. The minimum atomic E-state index is -0.200. The summed E-state index contributed by atoms with van der Waals surface area (Å²) in [5, 5.41) is 11.6. The van der Waals surface area contributed by atoms with Crippen molar-refractivity contribution in [1.29, 1.82) is 0 Å². The van der Waals surface area contributed by atoms with Crippen LogP contribution in [0.25, 0.3) is 0 Å². The lowest BCUT2D eigenvalue weighted by Crippen LogP contribution is -2.72. The Balaban J connectivity index is 1.51. The Bertz CT molecular complexity index is 808. The zero-order valence-corrected chi connectivity index (χ0v) is 20.5. The molecule has 180 valence electrons. The van der Waals surface area contributed by atoms with Gasteiger partial charge in [0.25, 0.3) is 0 Å². The molecule has 0 aromatic carbocycles. The monoisotopic (exact) mass is 448 g/mol. The largest absolute Gasteiger partial charge is 0.391 e. The third kappa shape index (κ3) is 5.01. The molecule has 6 aliphatic rings. The standard InChI is InChI=1S/C30H44N2O/c33-27-23-31-19-15-11-7-4-2-1-3-5-9-13-17-25-21-26-22-32-20-16-12-8-6-10-14-18-30(24-31,28(26)27)29(25)32/h1-2,5-7,9-11,21,26-29,33H,3-4,8,12-20,22-24H2. The van der Waals surface area contributed by atoms with E-state index in [0.717, 1.165) is 58.3 Å². The minimum Gasteiger partial charge on any atom is -0.391 e. The Morgan fingerprint density at radius 2 is 1.55 bits per heavy atom. The molecule has 1 aliphatic carbocycles. The molecule has 2 fully saturated rings. The molecule has 0 aromatic rings. The molecule has 5 heterocycles. The summed E-state index contributed by atoms with van der Waals surface area (Å²) in [5.74, 6) is 0.936. The molecule has 7 atom stereocenters. The van der Waals surface area contributed by atoms with Gasteiger partial charge in [0, 0.05) is 43.6 Å². The number of hydrogen-bond acceptors (Lipinski definition) is 3. The maximum Gasteiger partial charge on any atom is 0.0707 e. The Morgan fingerprint density at radius 1 is 0.788 bits per heavy atom. The fourth-order valence-corrected chi connectivity index (χ4v) is 7.75. The predicted octanol–water partition coefficient (Wildman–Crippen LogP) is 5.66. The number of aliphatic hydroxyl groups is 1. The first-order valence-corrected chi connectivity index (χ1v) is 13.7. The number of fused-ring (bicyclic) bond motifs is 1. The van der Waals surface area contributed by atoms with Crippen molar-refractivity contribution in [2.24, 2.45) is 17.3 Å². The molecule has 2 saturated heterocycles. The smallest absolute Gasteiger partial charge is 0.0707 e. The van der Waals surface area contributed by atoms with Crippen LogP contribution >= 0.6 is 0 Å². The Hall–Kier alpha value is -1.42. The third-order valence-electron chi connectivity index (χ3n) is 8.90. The van der Waals surface area contributed by atoms with Gasteiger partial charge < -0.3 is 5.11 Å². The zero-order valence-electron chi connectivity index (χ0n) is 20.5. The van der Waals surface area contributed by atoms with Gasteiger partial charge in [-0.05, 0) is 76.7 Å². The molecule has 7 unspecified atom stereocenters. The molecule has 3 nitrogen and oxygen atoms in total. The maximum absolute atomic E-state index is 11.6. The molecule has 33 heavy (non-hydrogen) atoms. The van der Waals surface area contributed by atoms with Crippen LogP contribution in [0.2, 0.25) is 0 Å². The van der Waals surface area contributed by atoms with Crippen LogP contribution in [0, 0.1) is 17.3 Å². The first-order chi connectivity index (χ1) is 16.3. The molecule has 1 spiro atoms. The molecular weight excluding hydrogens is 404 g/mol. The van der Waals surface area contributed by atoms with Crippen molar-refractivity contribution in [1.82, 2.24) is 9.80 Å². The SMILES string of the molecule is OC1CN2CCC=CCC=CCC=CCCC3=CC4CN5CCCCC=CCCC(C2)(C14)C35. The van der Waals surface area contributed by atoms with Crippen LogP contribution in [0.1, 0.15) is 64.2 Å². The molecule has 0 radical (unpaired) electrons. The second-order valence-corrected chi connectivity index (χ2v) is 11.1. The summed E-state index contributed by atoms with van der Waals surface area (Å²) < 4.78 is 0. The lowest BCUT2D eigenvalue weighted by atomic mass is 9.51. The van der Waals surface area contributed by atoms with Gasteiger partial charge in [0.05, 0.1) is 6.10 Å². The zero-order chi connectivity index (χ0) is 22.5. The van der Waals surface area contributed by atoms with E-state index in [0.29, 0.717) is 17.9 Å². The molecule has 3 heteroatoms. The Morgan fingerprint density at radius 3 is 2.42 bits per heavy atom. The van der Waals surface area contributed by atoms with Crippen LogP contribution in [0.3, 0.4) is 0 Å². The van der Waals surface area contributed by atoms with Gasteiger partial charge >= 0.3 is 0 Å². The van der Waals surface area contributed by atoms with Gasteiger partial charge in [-0.25, -0.2) is 0 Å². The van der Waals surface area contributed by atoms with Gasteiger partial charge in [-0.15, -0.1) is 0 Å². The second-order valence-electron chi connectivity index (χ2n) is 11.1. The van der Waals surface area contributed by atoms with Crippen LogP contribution in [0.5, 0.6) is 0 Å². The normalized spacial score (nSPS) is 41.9. The van der Waals surface area contributed by atoms with E-state index in [1.54, 1.807) is 5.57 Å². The topological polar surface area (TPSA) is 26.7 Å². The summed E-state index contributed by atoms with van der Waals surface area (Å²) in [4.78, 5) is 5.47. The quantitative estimate of drug-likeness (QED) is 0.485. The van der Waals surface area contributed by atoms with Gasteiger partial charge in [0.2, 0.25) is 0 Å². The van der Waals surface area contributed by atoms with Crippen LogP contribution in [-0.4, -0.2) is 59.8 Å². The van der Waals surface area contributed by atoms with Crippen molar-refractivity contribution in [3.63, 3.8) is 0 Å². The highest BCUT2D eigenvalue weighted by Crippen LogP contribution is 2.57. The first-order valence-electron chi connectivity index (χ1n) is 13.7. The average Bonchev–Trinajstić information content (AvgIpc) is 2.83. The fraction of sp³-hybridized carbons (Fsp3) is 0.667. The van der Waals surface area contributed by atoms with Gasteiger partial charge in [-0.1, -0.05) is 60.3 Å². The van der Waals surface area contributed by atoms with Crippen LogP contribution in [0.4, 0.5) is 0 Å². The van der Waals surface area contributed by atoms with Crippen molar-refractivity contribution in [3.8, 4) is 0 Å².